The number of hydrogen-bond acceptors (Lipinski definition) is 4. The minimum atomic E-state index is -3.47. The Labute approximate surface area is 149 Å². The Bertz CT molecular complexity index is 689. The number of amides is 1. The fourth-order valence-corrected chi connectivity index (χ4v) is 4.92. The molecule has 1 aromatic carbocycles. The molecule has 1 saturated heterocycles. The molecule has 0 radical (unpaired) electrons. The van der Waals surface area contributed by atoms with E-state index in [1.54, 1.807) is 12.1 Å². The third kappa shape index (κ3) is 4.40. The van der Waals surface area contributed by atoms with Gasteiger partial charge in [0.15, 0.2) is 0 Å². The highest BCUT2D eigenvalue weighted by Crippen LogP contribution is 2.33. The number of fused-ring (bicyclic) bond motifs is 1. The van der Waals surface area contributed by atoms with Gasteiger partial charge in [0, 0.05) is 18.3 Å². The molecule has 3 atom stereocenters. The maximum atomic E-state index is 12.5. The minimum absolute atomic E-state index is 0.0332. The van der Waals surface area contributed by atoms with Gasteiger partial charge in [-0.05, 0) is 55.9 Å². The lowest BCUT2D eigenvalue weighted by Crippen LogP contribution is -2.39. The van der Waals surface area contributed by atoms with Crippen molar-refractivity contribution in [1.82, 2.24) is 10.0 Å². The Balaban J connectivity index is 1.59. The van der Waals surface area contributed by atoms with Gasteiger partial charge in [0.2, 0.25) is 15.9 Å². The van der Waals surface area contributed by atoms with E-state index in [1.807, 2.05) is 6.92 Å². The van der Waals surface area contributed by atoms with Crippen LogP contribution in [0.25, 0.3) is 0 Å². The van der Waals surface area contributed by atoms with Crippen LogP contribution in [0.15, 0.2) is 29.2 Å². The van der Waals surface area contributed by atoms with Crippen molar-refractivity contribution < 1.29 is 13.2 Å². The van der Waals surface area contributed by atoms with Crippen LogP contribution in [0, 0.1) is 5.92 Å². The Kier molecular flexibility index (Phi) is 5.76. The van der Waals surface area contributed by atoms with Crippen LogP contribution >= 0.6 is 0 Å². The van der Waals surface area contributed by atoms with E-state index in [9.17, 15) is 13.2 Å². The second-order valence-corrected chi connectivity index (χ2v) is 8.78. The largest absolute Gasteiger partial charge is 0.325 e. The van der Waals surface area contributed by atoms with Gasteiger partial charge in [-0.2, -0.15) is 0 Å². The van der Waals surface area contributed by atoms with Crippen molar-refractivity contribution in [2.45, 2.75) is 62.4 Å². The van der Waals surface area contributed by atoms with Gasteiger partial charge in [0.05, 0.1) is 10.9 Å². The first-order valence-electron chi connectivity index (χ1n) is 9.16. The van der Waals surface area contributed by atoms with Gasteiger partial charge in [-0.3, -0.25) is 4.79 Å². The van der Waals surface area contributed by atoms with Crippen molar-refractivity contribution in [1.29, 1.82) is 0 Å². The SMILES string of the molecule is CCCNS(=O)(=O)c1ccc(NC(=O)C2CC3CCCCC3N2)cc1. The normalized spacial score (nSPS) is 26.2. The van der Waals surface area contributed by atoms with E-state index < -0.39 is 10.0 Å². The number of carbonyl (C=O) groups excluding carboxylic acids is 1. The van der Waals surface area contributed by atoms with Crippen molar-refractivity contribution in [3.8, 4) is 0 Å². The molecule has 1 amide bonds. The van der Waals surface area contributed by atoms with Crippen LogP contribution in [0.1, 0.15) is 45.4 Å². The molecule has 3 rings (SSSR count). The molecule has 6 nitrogen and oxygen atoms in total. The van der Waals surface area contributed by atoms with Gasteiger partial charge >= 0.3 is 0 Å². The molecule has 0 aromatic heterocycles. The van der Waals surface area contributed by atoms with Crippen LogP contribution in [-0.2, 0) is 14.8 Å². The predicted molar refractivity (Wildman–Crippen MR) is 97.8 cm³/mol. The number of carbonyl (C=O) groups is 1. The van der Waals surface area contributed by atoms with Crippen molar-refractivity contribution in [3.05, 3.63) is 24.3 Å². The lowest BCUT2D eigenvalue weighted by molar-refractivity contribution is -0.117. The van der Waals surface area contributed by atoms with Crippen LogP contribution in [0.3, 0.4) is 0 Å². The summed E-state index contributed by atoms with van der Waals surface area (Å²) in [6.45, 7) is 2.32. The molecule has 1 aliphatic carbocycles. The quantitative estimate of drug-likeness (QED) is 0.721. The van der Waals surface area contributed by atoms with Gasteiger partial charge in [-0.15, -0.1) is 0 Å². The smallest absolute Gasteiger partial charge is 0.241 e. The van der Waals surface area contributed by atoms with E-state index in [1.165, 1.54) is 31.4 Å². The molecule has 3 unspecified atom stereocenters. The van der Waals surface area contributed by atoms with Crippen LogP contribution in [0.2, 0.25) is 0 Å². The number of rotatable bonds is 6. The van der Waals surface area contributed by atoms with E-state index in [0.29, 0.717) is 24.2 Å². The molecule has 138 valence electrons. The summed E-state index contributed by atoms with van der Waals surface area (Å²) in [6, 6.07) is 6.65. The van der Waals surface area contributed by atoms with Crippen molar-refractivity contribution >= 4 is 21.6 Å². The van der Waals surface area contributed by atoms with Crippen molar-refractivity contribution in [2.75, 3.05) is 11.9 Å². The first-order chi connectivity index (χ1) is 12.0. The number of sulfonamides is 1. The fraction of sp³-hybridized carbons (Fsp3) is 0.611. The van der Waals surface area contributed by atoms with Gasteiger partial charge in [0.1, 0.15) is 0 Å². The summed E-state index contributed by atoms with van der Waals surface area (Å²) in [5.74, 6) is 0.579. The summed E-state index contributed by atoms with van der Waals surface area (Å²) in [5, 5.41) is 6.35. The summed E-state index contributed by atoms with van der Waals surface area (Å²) in [6.07, 6.45) is 6.50. The van der Waals surface area contributed by atoms with Crippen LogP contribution < -0.4 is 15.4 Å². The van der Waals surface area contributed by atoms with Crippen LogP contribution in [0.4, 0.5) is 5.69 Å². The lowest BCUT2D eigenvalue weighted by atomic mass is 9.85. The van der Waals surface area contributed by atoms with E-state index in [2.05, 4.69) is 15.4 Å². The average molecular weight is 365 g/mol. The molecule has 1 heterocycles. The molecule has 2 aliphatic rings. The Morgan fingerprint density at radius 3 is 2.60 bits per heavy atom. The van der Waals surface area contributed by atoms with E-state index in [-0.39, 0.29) is 16.8 Å². The van der Waals surface area contributed by atoms with Gasteiger partial charge in [-0.1, -0.05) is 19.8 Å². The maximum absolute atomic E-state index is 12.5. The zero-order valence-corrected chi connectivity index (χ0v) is 15.4. The first kappa shape index (κ1) is 18.4. The Hall–Kier alpha value is -1.44. The number of hydrogen-bond donors (Lipinski definition) is 3. The molecule has 0 spiro atoms. The summed E-state index contributed by atoms with van der Waals surface area (Å²) in [4.78, 5) is 12.7. The third-order valence-electron chi connectivity index (χ3n) is 5.15. The molecule has 1 saturated carbocycles. The number of benzene rings is 1. The second kappa shape index (κ2) is 7.85. The summed E-state index contributed by atoms with van der Waals surface area (Å²) >= 11 is 0. The molecular formula is C18H27N3O3S. The van der Waals surface area contributed by atoms with Crippen LogP contribution in [0.5, 0.6) is 0 Å². The second-order valence-electron chi connectivity index (χ2n) is 7.02. The van der Waals surface area contributed by atoms with Crippen molar-refractivity contribution in [2.24, 2.45) is 5.92 Å². The standard InChI is InChI=1S/C18H27N3O3S/c1-2-11-19-25(23,24)15-9-7-14(8-10-15)20-18(22)17-12-13-5-3-4-6-16(13)21-17/h7-10,13,16-17,19,21H,2-6,11-12H2,1H3,(H,20,22). The summed E-state index contributed by atoms with van der Waals surface area (Å²) < 4.78 is 26.7. The summed E-state index contributed by atoms with van der Waals surface area (Å²) in [7, 11) is -3.47. The first-order valence-corrected chi connectivity index (χ1v) is 10.6. The molecular weight excluding hydrogens is 338 g/mol. The predicted octanol–water partition coefficient (Wildman–Crippen LogP) is 2.23. The van der Waals surface area contributed by atoms with Gasteiger partial charge in [-0.25, -0.2) is 13.1 Å². The fourth-order valence-electron chi connectivity index (χ4n) is 3.79. The van der Waals surface area contributed by atoms with E-state index >= 15 is 0 Å². The molecule has 7 heteroatoms. The molecule has 3 N–H and O–H groups in total. The topological polar surface area (TPSA) is 87.3 Å². The number of nitrogens with one attached hydrogen (secondary N) is 3. The highest BCUT2D eigenvalue weighted by atomic mass is 32.2. The highest BCUT2D eigenvalue weighted by Gasteiger charge is 2.38. The Morgan fingerprint density at radius 1 is 1.20 bits per heavy atom. The zero-order valence-electron chi connectivity index (χ0n) is 14.6. The molecule has 2 fully saturated rings. The molecule has 0 bridgehead atoms. The zero-order chi connectivity index (χ0) is 17.9. The monoisotopic (exact) mass is 365 g/mol. The minimum Gasteiger partial charge on any atom is -0.325 e. The van der Waals surface area contributed by atoms with Gasteiger partial charge in [0.25, 0.3) is 0 Å². The molecule has 25 heavy (non-hydrogen) atoms. The van der Waals surface area contributed by atoms with E-state index in [4.69, 9.17) is 0 Å². The van der Waals surface area contributed by atoms with Gasteiger partial charge < -0.3 is 10.6 Å². The Morgan fingerprint density at radius 2 is 1.92 bits per heavy atom. The average Bonchev–Trinajstić information content (AvgIpc) is 3.05. The summed E-state index contributed by atoms with van der Waals surface area (Å²) in [5.41, 5.74) is 0.621. The molecule has 1 aliphatic heterocycles. The van der Waals surface area contributed by atoms with E-state index in [0.717, 1.165) is 19.3 Å². The number of anilines is 1. The highest BCUT2D eigenvalue weighted by molar-refractivity contribution is 7.89. The van der Waals surface area contributed by atoms with Crippen molar-refractivity contribution in [3.63, 3.8) is 0 Å². The maximum Gasteiger partial charge on any atom is 0.241 e. The third-order valence-corrected chi connectivity index (χ3v) is 6.63. The lowest BCUT2D eigenvalue weighted by Gasteiger charge is -2.24. The molecule has 1 aromatic rings. The van der Waals surface area contributed by atoms with Crippen LogP contribution in [-0.4, -0.2) is 33.0 Å².